The first-order valence-electron chi connectivity index (χ1n) is 9.19. The molecule has 0 unspecified atom stereocenters. The van der Waals surface area contributed by atoms with Crippen molar-refractivity contribution in [1.29, 1.82) is 0 Å². The standard InChI is InChI=1S/C23H20N2O4S/c1-27-18-12-16(13-19(28-2)22(18)29-3)21(26)23-24-17(15-8-5-4-6-9-15)14-25(23)20-10-7-11-30-20/h4-14H,1-3H3. The summed E-state index contributed by atoms with van der Waals surface area (Å²) in [7, 11) is 4.56. The van der Waals surface area contributed by atoms with Crippen LogP contribution in [0.5, 0.6) is 17.2 Å². The van der Waals surface area contributed by atoms with E-state index in [0.717, 1.165) is 16.3 Å². The number of ketones is 1. The molecule has 2 heterocycles. The Morgan fingerprint density at radius 3 is 2.20 bits per heavy atom. The predicted molar refractivity (Wildman–Crippen MR) is 116 cm³/mol. The molecule has 0 atom stereocenters. The van der Waals surface area contributed by atoms with Gasteiger partial charge in [0.15, 0.2) is 17.3 Å². The van der Waals surface area contributed by atoms with Gasteiger partial charge in [0.2, 0.25) is 11.5 Å². The Balaban J connectivity index is 1.86. The van der Waals surface area contributed by atoms with Gasteiger partial charge >= 0.3 is 0 Å². The molecule has 0 bridgehead atoms. The molecule has 2 aromatic heterocycles. The Kier molecular flexibility index (Phi) is 5.54. The van der Waals surface area contributed by atoms with Gasteiger partial charge in [-0.1, -0.05) is 30.3 Å². The third kappa shape index (κ3) is 3.55. The van der Waals surface area contributed by atoms with Crippen LogP contribution >= 0.6 is 11.3 Å². The van der Waals surface area contributed by atoms with Gasteiger partial charge in [-0.2, -0.15) is 0 Å². The van der Waals surface area contributed by atoms with E-state index in [1.54, 1.807) is 12.1 Å². The smallest absolute Gasteiger partial charge is 0.229 e. The molecule has 0 aliphatic rings. The molecular formula is C23H20N2O4S. The van der Waals surface area contributed by atoms with Crippen molar-refractivity contribution in [2.75, 3.05) is 21.3 Å². The SMILES string of the molecule is COc1cc(C(=O)c2nc(-c3ccccc3)cn2-c2cccs2)cc(OC)c1OC. The zero-order valence-electron chi connectivity index (χ0n) is 16.8. The molecule has 0 spiro atoms. The number of nitrogens with zero attached hydrogens (tertiary/aromatic N) is 2. The van der Waals surface area contributed by atoms with E-state index in [9.17, 15) is 4.79 Å². The highest BCUT2D eigenvalue weighted by atomic mass is 32.1. The van der Waals surface area contributed by atoms with Crippen molar-refractivity contribution in [2.45, 2.75) is 0 Å². The fourth-order valence-corrected chi connectivity index (χ4v) is 3.91. The van der Waals surface area contributed by atoms with Gasteiger partial charge in [0, 0.05) is 17.3 Å². The lowest BCUT2D eigenvalue weighted by atomic mass is 10.1. The summed E-state index contributed by atoms with van der Waals surface area (Å²) in [4.78, 5) is 18.2. The molecule has 0 aliphatic heterocycles. The molecule has 0 radical (unpaired) electrons. The van der Waals surface area contributed by atoms with Crippen LogP contribution in [0.25, 0.3) is 16.3 Å². The fourth-order valence-electron chi connectivity index (χ4n) is 3.20. The molecule has 30 heavy (non-hydrogen) atoms. The van der Waals surface area contributed by atoms with Gasteiger partial charge in [-0.3, -0.25) is 9.36 Å². The summed E-state index contributed by atoms with van der Waals surface area (Å²) in [6.45, 7) is 0. The fraction of sp³-hybridized carbons (Fsp3) is 0.130. The van der Waals surface area contributed by atoms with Crippen molar-refractivity contribution in [1.82, 2.24) is 9.55 Å². The van der Waals surface area contributed by atoms with Crippen molar-refractivity contribution in [2.24, 2.45) is 0 Å². The Morgan fingerprint density at radius 1 is 0.933 bits per heavy atom. The Bertz CT molecular complexity index is 1140. The number of aromatic nitrogens is 2. The molecule has 0 amide bonds. The minimum absolute atomic E-state index is 0.246. The van der Waals surface area contributed by atoms with E-state index in [2.05, 4.69) is 4.98 Å². The lowest BCUT2D eigenvalue weighted by molar-refractivity contribution is 0.102. The molecular weight excluding hydrogens is 400 g/mol. The van der Waals surface area contributed by atoms with Crippen LogP contribution in [0.1, 0.15) is 16.2 Å². The second-order valence-electron chi connectivity index (χ2n) is 6.38. The average Bonchev–Trinajstić information content (AvgIpc) is 3.48. The highest BCUT2D eigenvalue weighted by Gasteiger charge is 2.23. The van der Waals surface area contributed by atoms with Gasteiger partial charge in [-0.15, -0.1) is 11.3 Å². The van der Waals surface area contributed by atoms with Crippen LogP contribution in [0.15, 0.2) is 66.2 Å². The van der Waals surface area contributed by atoms with Gasteiger partial charge in [0.05, 0.1) is 27.0 Å². The topological polar surface area (TPSA) is 62.6 Å². The van der Waals surface area contributed by atoms with Crippen molar-refractivity contribution >= 4 is 17.1 Å². The minimum atomic E-state index is -0.246. The number of imidazole rings is 1. The summed E-state index contributed by atoms with van der Waals surface area (Å²) in [6, 6.07) is 16.9. The van der Waals surface area contributed by atoms with Crippen molar-refractivity contribution in [3.05, 3.63) is 77.6 Å². The summed E-state index contributed by atoms with van der Waals surface area (Å²) in [5, 5.41) is 2.87. The first-order chi connectivity index (χ1) is 14.7. The first kappa shape index (κ1) is 19.7. The number of ether oxygens (including phenoxy) is 3. The van der Waals surface area contributed by atoms with Gasteiger partial charge in [-0.25, -0.2) is 4.98 Å². The number of methoxy groups -OCH3 is 3. The molecule has 2 aromatic carbocycles. The molecule has 6 nitrogen and oxygen atoms in total. The van der Waals surface area contributed by atoms with Gasteiger partial charge in [0.1, 0.15) is 5.00 Å². The maximum absolute atomic E-state index is 13.5. The Labute approximate surface area is 178 Å². The number of rotatable bonds is 7. The van der Waals surface area contributed by atoms with Crippen molar-refractivity contribution in [3.8, 4) is 33.5 Å². The van der Waals surface area contributed by atoms with E-state index >= 15 is 0 Å². The Hall–Kier alpha value is -3.58. The average molecular weight is 420 g/mol. The van der Waals surface area contributed by atoms with Gasteiger partial charge < -0.3 is 14.2 Å². The summed E-state index contributed by atoms with van der Waals surface area (Å²) in [5.41, 5.74) is 2.05. The summed E-state index contributed by atoms with van der Waals surface area (Å²) >= 11 is 1.53. The highest BCUT2D eigenvalue weighted by Crippen LogP contribution is 2.39. The van der Waals surface area contributed by atoms with E-state index in [-0.39, 0.29) is 5.78 Å². The second-order valence-corrected chi connectivity index (χ2v) is 7.31. The molecule has 152 valence electrons. The zero-order chi connectivity index (χ0) is 21.1. The lowest BCUT2D eigenvalue weighted by Crippen LogP contribution is -2.10. The number of benzene rings is 2. The predicted octanol–water partition coefficient (Wildman–Crippen LogP) is 4.86. The normalized spacial score (nSPS) is 10.6. The molecule has 0 saturated heterocycles. The number of carbonyl (C=O) groups excluding carboxylic acids is 1. The first-order valence-corrected chi connectivity index (χ1v) is 10.1. The molecule has 7 heteroatoms. The summed E-state index contributed by atoms with van der Waals surface area (Å²) in [6.07, 6.45) is 1.88. The zero-order valence-corrected chi connectivity index (χ0v) is 17.6. The number of thiophene rings is 1. The van der Waals surface area contributed by atoms with E-state index in [0.29, 0.717) is 28.6 Å². The minimum Gasteiger partial charge on any atom is -0.493 e. The molecule has 0 N–H and O–H groups in total. The molecule has 4 rings (SSSR count). The maximum atomic E-state index is 13.5. The molecule has 0 saturated carbocycles. The quantitative estimate of drug-likeness (QED) is 0.400. The van der Waals surface area contributed by atoms with Crippen LogP contribution in [-0.2, 0) is 0 Å². The van der Waals surface area contributed by atoms with Crippen LogP contribution in [0, 0.1) is 0 Å². The van der Waals surface area contributed by atoms with Gasteiger partial charge in [-0.05, 0) is 29.6 Å². The molecule has 4 aromatic rings. The summed E-state index contributed by atoms with van der Waals surface area (Å²) in [5.74, 6) is 1.33. The van der Waals surface area contributed by atoms with E-state index < -0.39 is 0 Å². The molecule has 0 fully saturated rings. The van der Waals surface area contributed by atoms with Crippen LogP contribution in [0.3, 0.4) is 0 Å². The highest BCUT2D eigenvalue weighted by molar-refractivity contribution is 7.12. The maximum Gasteiger partial charge on any atom is 0.229 e. The van der Waals surface area contributed by atoms with Crippen molar-refractivity contribution in [3.63, 3.8) is 0 Å². The van der Waals surface area contributed by atoms with E-state index in [1.165, 1.54) is 32.7 Å². The van der Waals surface area contributed by atoms with Crippen molar-refractivity contribution < 1.29 is 19.0 Å². The largest absolute Gasteiger partial charge is 0.493 e. The monoisotopic (exact) mass is 420 g/mol. The number of carbonyl (C=O) groups is 1. The third-order valence-electron chi connectivity index (χ3n) is 4.65. The lowest BCUT2D eigenvalue weighted by Gasteiger charge is -2.13. The van der Waals surface area contributed by atoms with Crippen LogP contribution in [-0.4, -0.2) is 36.7 Å². The number of hydrogen-bond acceptors (Lipinski definition) is 6. The van der Waals surface area contributed by atoms with E-state index in [1.807, 2.05) is 58.6 Å². The van der Waals surface area contributed by atoms with E-state index in [4.69, 9.17) is 14.2 Å². The van der Waals surface area contributed by atoms with Crippen LogP contribution < -0.4 is 14.2 Å². The van der Waals surface area contributed by atoms with Gasteiger partial charge in [0.25, 0.3) is 0 Å². The second kappa shape index (κ2) is 8.42. The third-order valence-corrected chi connectivity index (χ3v) is 5.52. The van der Waals surface area contributed by atoms with Crippen LogP contribution in [0.4, 0.5) is 0 Å². The summed E-state index contributed by atoms with van der Waals surface area (Å²) < 4.78 is 18.0. The van der Waals surface area contributed by atoms with Crippen LogP contribution in [0.2, 0.25) is 0 Å². The Morgan fingerprint density at radius 2 is 1.63 bits per heavy atom. The number of hydrogen-bond donors (Lipinski definition) is 0. The molecule has 0 aliphatic carbocycles.